The number of sulfonamides is 1. The molecule has 0 bridgehead atoms. The molecule has 0 aliphatic heterocycles. The van der Waals surface area contributed by atoms with Gasteiger partial charge in [-0.25, -0.2) is 17.5 Å². The molecule has 2 atom stereocenters. The summed E-state index contributed by atoms with van der Waals surface area (Å²) in [5, 5.41) is 0. The van der Waals surface area contributed by atoms with Crippen LogP contribution in [-0.2, 0) is 19.6 Å². The van der Waals surface area contributed by atoms with Gasteiger partial charge in [0.15, 0.2) is 0 Å². The normalized spacial score (nSPS) is 17.9. The second kappa shape index (κ2) is 8.38. The second-order valence-electron chi connectivity index (χ2n) is 7.10. The molecular formula is C18H26FNO4S. The first-order valence-corrected chi connectivity index (χ1v) is 10.0. The molecule has 2 unspecified atom stereocenters. The van der Waals surface area contributed by atoms with E-state index in [2.05, 4.69) is 4.72 Å². The fourth-order valence-corrected chi connectivity index (χ4v) is 4.17. The third-order valence-electron chi connectivity index (χ3n) is 4.26. The molecule has 2 rings (SSSR count). The predicted octanol–water partition coefficient (Wildman–Crippen LogP) is 2.86. The van der Waals surface area contributed by atoms with Gasteiger partial charge >= 0.3 is 0 Å². The molecule has 1 aromatic carbocycles. The zero-order valence-electron chi connectivity index (χ0n) is 14.7. The highest BCUT2D eigenvalue weighted by Crippen LogP contribution is 2.32. The van der Waals surface area contributed by atoms with Crippen LogP contribution in [0, 0.1) is 5.92 Å². The standard InChI is InChI=1S/C18H26FNO4S/c1-18(2,20-25(22,23)15-7-4-3-5-8-15)17(16(19)9-6-12-21)24-13-14-10-11-14/h3-5,7-8,12,14,16-17,20H,6,9-11,13H2,1-2H3. The Hall–Kier alpha value is -1.31. The quantitative estimate of drug-likeness (QED) is 0.607. The van der Waals surface area contributed by atoms with E-state index in [0.717, 1.165) is 12.8 Å². The fourth-order valence-electron chi connectivity index (χ4n) is 2.73. The SMILES string of the molecule is CC(C)(NS(=O)(=O)c1ccccc1)C(OCC1CC1)C(F)CCC=O. The summed E-state index contributed by atoms with van der Waals surface area (Å²) in [6.45, 7) is 3.62. The van der Waals surface area contributed by atoms with Crippen LogP contribution in [0.3, 0.4) is 0 Å². The minimum Gasteiger partial charge on any atom is -0.373 e. The van der Waals surface area contributed by atoms with Gasteiger partial charge < -0.3 is 9.53 Å². The Bertz CT molecular complexity index is 659. The van der Waals surface area contributed by atoms with E-state index in [4.69, 9.17) is 4.74 Å². The van der Waals surface area contributed by atoms with E-state index >= 15 is 0 Å². The lowest BCUT2D eigenvalue weighted by atomic mass is 9.92. The van der Waals surface area contributed by atoms with Gasteiger partial charge in [-0.1, -0.05) is 18.2 Å². The molecule has 5 nitrogen and oxygen atoms in total. The summed E-state index contributed by atoms with van der Waals surface area (Å²) in [6, 6.07) is 7.95. The van der Waals surface area contributed by atoms with Crippen molar-refractivity contribution in [2.45, 2.75) is 62.2 Å². The Morgan fingerprint density at radius 3 is 2.52 bits per heavy atom. The van der Waals surface area contributed by atoms with Crippen molar-refractivity contribution in [1.82, 2.24) is 4.72 Å². The van der Waals surface area contributed by atoms with Crippen LogP contribution in [0.5, 0.6) is 0 Å². The van der Waals surface area contributed by atoms with E-state index in [1.165, 1.54) is 12.1 Å². The minimum absolute atomic E-state index is 0.00925. The molecule has 25 heavy (non-hydrogen) atoms. The van der Waals surface area contributed by atoms with Crippen molar-refractivity contribution in [2.75, 3.05) is 6.61 Å². The molecule has 0 spiro atoms. The Morgan fingerprint density at radius 1 is 1.32 bits per heavy atom. The molecule has 1 aliphatic rings. The van der Waals surface area contributed by atoms with Gasteiger partial charge in [-0.3, -0.25) is 0 Å². The first-order chi connectivity index (χ1) is 11.8. The van der Waals surface area contributed by atoms with Gasteiger partial charge in [-0.15, -0.1) is 0 Å². The summed E-state index contributed by atoms with van der Waals surface area (Å²) in [7, 11) is -3.81. The van der Waals surface area contributed by atoms with E-state index in [9.17, 15) is 17.6 Å². The number of hydrogen-bond acceptors (Lipinski definition) is 4. The van der Waals surface area contributed by atoms with Crippen LogP contribution >= 0.6 is 0 Å². The third-order valence-corrected chi connectivity index (χ3v) is 5.95. The number of nitrogens with one attached hydrogen (secondary N) is 1. The Labute approximate surface area is 149 Å². The number of aldehydes is 1. The van der Waals surface area contributed by atoms with Crippen LogP contribution in [0.2, 0.25) is 0 Å². The monoisotopic (exact) mass is 371 g/mol. The Morgan fingerprint density at radius 2 is 1.96 bits per heavy atom. The molecule has 1 aliphatic carbocycles. The number of rotatable bonds is 11. The van der Waals surface area contributed by atoms with Crippen molar-refractivity contribution >= 4 is 16.3 Å². The molecule has 1 fully saturated rings. The lowest BCUT2D eigenvalue weighted by molar-refractivity contribution is -0.109. The first-order valence-electron chi connectivity index (χ1n) is 8.54. The van der Waals surface area contributed by atoms with E-state index in [1.807, 2.05) is 0 Å². The molecule has 0 amide bonds. The Kier molecular flexibility index (Phi) is 6.71. The lowest BCUT2D eigenvalue weighted by Gasteiger charge is -2.36. The van der Waals surface area contributed by atoms with Crippen LogP contribution in [0.25, 0.3) is 0 Å². The van der Waals surface area contributed by atoms with Crippen molar-refractivity contribution < 1.29 is 22.3 Å². The van der Waals surface area contributed by atoms with Gasteiger partial charge in [-0.05, 0) is 51.2 Å². The fraction of sp³-hybridized carbons (Fsp3) is 0.611. The summed E-state index contributed by atoms with van der Waals surface area (Å²) in [5.74, 6) is 0.419. The van der Waals surface area contributed by atoms with Crippen molar-refractivity contribution in [3.05, 3.63) is 30.3 Å². The zero-order valence-corrected chi connectivity index (χ0v) is 15.5. The maximum Gasteiger partial charge on any atom is 0.241 e. The highest BCUT2D eigenvalue weighted by atomic mass is 32.2. The molecule has 0 aromatic heterocycles. The maximum atomic E-state index is 14.7. The summed E-state index contributed by atoms with van der Waals surface area (Å²) in [6.07, 6.45) is 0.443. The van der Waals surface area contributed by atoms with Gasteiger partial charge in [0.25, 0.3) is 0 Å². The number of ether oxygens (including phenoxy) is 1. The molecule has 0 radical (unpaired) electrons. The minimum atomic E-state index is -3.81. The van der Waals surface area contributed by atoms with Crippen molar-refractivity contribution in [1.29, 1.82) is 0 Å². The van der Waals surface area contributed by atoms with Crippen LogP contribution in [0.1, 0.15) is 39.5 Å². The molecule has 1 N–H and O–H groups in total. The molecule has 1 aromatic rings. The van der Waals surface area contributed by atoms with E-state index in [-0.39, 0.29) is 17.7 Å². The highest BCUT2D eigenvalue weighted by Gasteiger charge is 2.41. The van der Waals surface area contributed by atoms with Gasteiger partial charge in [0.05, 0.1) is 10.4 Å². The number of hydrogen-bond donors (Lipinski definition) is 1. The summed E-state index contributed by atoms with van der Waals surface area (Å²) < 4.78 is 48.2. The molecule has 1 saturated carbocycles. The van der Waals surface area contributed by atoms with E-state index < -0.39 is 27.8 Å². The number of carbonyl (C=O) groups excluding carboxylic acids is 1. The van der Waals surface area contributed by atoms with Gasteiger partial charge in [0.2, 0.25) is 10.0 Å². The topological polar surface area (TPSA) is 72.5 Å². The smallest absolute Gasteiger partial charge is 0.241 e. The van der Waals surface area contributed by atoms with Crippen LogP contribution < -0.4 is 4.72 Å². The van der Waals surface area contributed by atoms with Gasteiger partial charge in [-0.2, -0.15) is 0 Å². The van der Waals surface area contributed by atoms with Crippen molar-refractivity contribution in [3.63, 3.8) is 0 Å². The first kappa shape index (κ1) is 20.0. The molecule has 0 saturated heterocycles. The molecule has 7 heteroatoms. The summed E-state index contributed by atoms with van der Waals surface area (Å²) in [5.41, 5.74) is -1.16. The Balaban J connectivity index is 2.15. The van der Waals surface area contributed by atoms with Crippen LogP contribution in [0.4, 0.5) is 4.39 Å². The maximum absolute atomic E-state index is 14.7. The average molecular weight is 371 g/mol. The molecule has 0 heterocycles. The summed E-state index contributed by atoms with van der Waals surface area (Å²) >= 11 is 0. The number of halogens is 1. The van der Waals surface area contributed by atoms with Crippen molar-refractivity contribution in [2.24, 2.45) is 5.92 Å². The van der Waals surface area contributed by atoms with Crippen LogP contribution in [0.15, 0.2) is 35.2 Å². The number of benzene rings is 1. The highest BCUT2D eigenvalue weighted by molar-refractivity contribution is 7.89. The largest absolute Gasteiger partial charge is 0.373 e. The van der Waals surface area contributed by atoms with Gasteiger partial charge in [0, 0.05) is 13.0 Å². The van der Waals surface area contributed by atoms with E-state index in [0.29, 0.717) is 18.8 Å². The average Bonchev–Trinajstić information content (AvgIpc) is 3.37. The zero-order chi connectivity index (χ0) is 18.5. The third kappa shape index (κ3) is 5.87. The molecule has 140 valence electrons. The van der Waals surface area contributed by atoms with E-state index in [1.54, 1.807) is 32.0 Å². The summed E-state index contributed by atoms with van der Waals surface area (Å²) in [4.78, 5) is 10.7. The number of carbonyl (C=O) groups is 1. The molecular weight excluding hydrogens is 345 g/mol. The van der Waals surface area contributed by atoms with Crippen molar-refractivity contribution in [3.8, 4) is 0 Å². The lowest BCUT2D eigenvalue weighted by Crippen LogP contribution is -2.56. The predicted molar refractivity (Wildman–Crippen MR) is 93.5 cm³/mol. The van der Waals surface area contributed by atoms with Crippen LogP contribution in [-0.4, -0.2) is 39.1 Å². The number of alkyl halides is 1. The second-order valence-corrected chi connectivity index (χ2v) is 8.78. The van der Waals surface area contributed by atoms with Gasteiger partial charge in [0.1, 0.15) is 18.6 Å².